The Morgan fingerprint density at radius 3 is 2.68 bits per heavy atom. The fourth-order valence-electron chi connectivity index (χ4n) is 2.72. The number of nitrogens with zero attached hydrogens (tertiary/aromatic N) is 3. The number of amides is 2. The van der Waals surface area contributed by atoms with Crippen molar-refractivity contribution in [2.75, 3.05) is 20.6 Å². The highest BCUT2D eigenvalue weighted by Gasteiger charge is 2.35. The van der Waals surface area contributed by atoms with Crippen LogP contribution in [-0.4, -0.2) is 53.2 Å². The first-order valence-corrected chi connectivity index (χ1v) is 7.14. The minimum absolute atomic E-state index is 0.0611. The van der Waals surface area contributed by atoms with Gasteiger partial charge < -0.3 is 9.80 Å². The molecule has 0 bridgehead atoms. The summed E-state index contributed by atoms with van der Waals surface area (Å²) in [7, 11) is 3.32. The van der Waals surface area contributed by atoms with Gasteiger partial charge >= 0.3 is 0 Å². The SMILES string of the molecule is CN(C)C(=O)C1CCCN1C(=O)Cc1ccccc1[N+](=O)[O-]. The summed E-state index contributed by atoms with van der Waals surface area (Å²) in [6, 6.07) is 5.75. The number of para-hydroxylation sites is 1. The van der Waals surface area contributed by atoms with Crippen LogP contribution in [-0.2, 0) is 16.0 Å². The molecule has 0 saturated carbocycles. The quantitative estimate of drug-likeness (QED) is 0.618. The second-order valence-electron chi connectivity index (χ2n) is 5.54. The molecule has 22 heavy (non-hydrogen) atoms. The summed E-state index contributed by atoms with van der Waals surface area (Å²) in [6.07, 6.45) is 1.35. The molecule has 7 heteroatoms. The molecule has 2 amide bonds. The van der Waals surface area contributed by atoms with Gasteiger partial charge in [0, 0.05) is 32.3 Å². The zero-order valence-electron chi connectivity index (χ0n) is 12.7. The molecule has 2 rings (SSSR count). The van der Waals surface area contributed by atoms with Crippen LogP contribution in [0.5, 0.6) is 0 Å². The van der Waals surface area contributed by atoms with Gasteiger partial charge in [-0.2, -0.15) is 0 Å². The Kier molecular flexibility index (Phi) is 4.75. The van der Waals surface area contributed by atoms with E-state index >= 15 is 0 Å². The lowest BCUT2D eigenvalue weighted by Gasteiger charge is -2.26. The monoisotopic (exact) mass is 305 g/mol. The van der Waals surface area contributed by atoms with Crippen LogP contribution in [0.2, 0.25) is 0 Å². The molecule has 1 fully saturated rings. The van der Waals surface area contributed by atoms with E-state index in [-0.39, 0.29) is 23.9 Å². The zero-order valence-corrected chi connectivity index (χ0v) is 12.7. The normalized spacial score (nSPS) is 17.4. The van der Waals surface area contributed by atoms with Crippen LogP contribution in [0.15, 0.2) is 24.3 Å². The molecule has 1 aromatic rings. The molecule has 1 heterocycles. The Morgan fingerprint density at radius 2 is 2.05 bits per heavy atom. The maximum absolute atomic E-state index is 12.5. The molecule has 0 spiro atoms. The molecule has 1 saturated heterocycles. The van der Waals surface area contributed by atoms with Crippen molar-refractivity contribution in [2.45, 2.75) is 25.3 Å². The first-order valence-electron chi connectivity index (χ1n) is 7.14. The molecule has 1 atom stereocenters. The van der Waals surface area contributed by atoms with Crippen molar-refractivity contribution in [1.29, 1.82) is 0 Å². The Balaban J connectivity index is 2.15. The molecule has 0 radical (unpaired) electrons. The van der Waals surface area contributed by atoms with Crippen molar-refractivity contribution >= 4 is 17.5 Å². The molecule has 1 aromatic carbocycles. The van der Waals surface area contributed by atoms with Gasteiger partial charge in [0.15, 0.2) is 0 Å². The molecule has 0 N–H and O–H groups in total. The van der Waals surface area contributed by atoms with Gasteiger partial charge in [-0.25, -0.2) is 0 Å². The lowest BCUT2D eigenvalue weighted by Crippen LogP contribution is -2.46. The number of rotatable bonds is 4. The highest BCUT2D eigenvalue weighted by Crippen LogP contribution is 2.23. The van der Waals surface area contributed by atoms with E-state index in [9.17, 15) is 19.7 Å². The molecule has 7 nitrogen and oxygen atoms in total. The van der Waals surface area contributed by atoms with Crippen molar-refractivity contribution in [1.82, 2.24) is 9.80 Å². The first-order chi connectivity index (χ1) is 10.4. The third-order valence-electron chi connectivity index (χ3n) is 3.83. The number of benzene rings is 1. The number of carbonyl (C=O) groups excluding carboxylic acids is 2. The second-order valence-corrected chi connectivity index (χ2v) is 5.54. The standard InChI is InChI=1S/C15H19N3O4/c1-16(2)15(20)13-8-5-9-17(13)14(19)10-11-6-3-4-7-12(11)18(21)22/h3-4,6-7,13H,5,8-10H2,1-2H3. The highest BCUT2D eigenvalue weighted by molar-refractivity contribution is 5.89. The topological polar surface area (TPSA) is 83.8 Å². The number of likely N-dealkylation sites (N-methyl/N-ethyl adjacent to an activating group) is 1. The average Bonchev–Trinajstić information content (AvgIpc) is 2.96. The fourth-order valence-corrected chi connectivity index (χ4v) is 2.72. The van der Waals surface area contributed by atoms with Gasteiger partial charge in [-0.15, -0.1) is 0 Å². The lowest BCUT2D eigenvalue weighted by molar-refractivity contribution is -0.385. The Bertz CT molecular complexity index is 600. The van der Waals surface area contributed by atoms with Gasteiger partial charge in [0.05, 0.1) is 11.3 Å². The lowest BCUT2D eigenvalue weighted by atomic mass is 10.1. The van der Waals surface area contributed by atoms with E-state index in [1.807, 2.05) is 0 Å². The van der Waals surface area contributed by atoms with Gasteiger partial charge in [-0.3, -0.25) is 19.7 Å². The number of likely N-dealkylation sites (tertiary alicyclic amines) is 1. The smallest absolute Gasteiger partial charge is 0.273 e. The maximum Gasteiger partial charge on any atom is 0.273 e. The van der Waals surface area contributed by atoms with Crippen molar-refractivity contribution in [3.05, 3.63) is 39.9 Å². The predicted molar refractivity (Wildman–Crippen MR) is 80.2 cm³/mol. The third kappa shape index (κ3) is 3.24. The largest absolute Gasteiger partial charge is 0.347 e. The van der Waals surface area contributed by atoms with Crippen LogP contribution in [0.25, 0.3) is 0 Å². The van der Waals surface area contributed by atoms with E-state index in [1.54, 1.807) is 37.2 Å². The minimum Gasteiger partial charge on any atom is -0.347 e. The summed E-state index contributed by atoms with van der Waals surface area (Å²) >= 11 is 0. The van der Waals surface area contributed by atoms with Crippen molar-refractivity contribution in [3.8, 4) is 0 Å². The zero-order chi connectivity index (χ0) is 16.3. The van der Waals surface area contributed by atoms with E-state index in [2.05, 4.69) is 0 Å². The minimum atomic E-state index is -0.491. The van der Waals surface area contributed by atoms with Crippen LogP contribution in [0.1, 0.15) is 18.4 Å². The van der Waals surface area contributed by atoms with Gasteiger partial charge in [-0.05, 0) is 12.8 Å². The maximum atomic E-state index is 12.5. The summed E-state index contributed by atoms with van der Waals surface area (Å²) in [5, 5.41) is 11.0. The number of nitro groups is 1. The van der Waals surface area contributed by atoms with Crippen LogP contribution in [0.3, 0.4) is 0 Å². The van der Waals surface area contributed by atoms with Gasteiger partial charge in [0.2, 0.25) is 11.8 Å². The van der Waals surface area contributed by atoms with E-state index in [1.165, 1.54) is 11.0 Å². The third-order valence-corrected chi connectivity index (χ3v) is 3.83. The van der Waals surface area contributed by atoms with E-state index in [4.69, 9.17) is 0 Å². The van der Waals surface area contributed by atoms with Crippen molar-refractivity contribution in [2.24, 2.45) is 0 Å². The Labute approximate surface area is 128 Å². The Morgan fingerprint density at radius 1 is 1.36 bits per heavy atom. The summed E-state index contributed by atoms with van der Waals surface area (Å²) < 4.78 is 0. The van der Waals surface area contributed by atoms with Gasteiger partial charge in [0.25, 0.3) is 5.69 Å². The predicted octanol–water partition coefficient (Wildman–Crippen LogP) is 1.22. The van der Waals surface area contributed by atoms with E-state index < -0.39 is 11.0 Å². The summed E-state index contributed by atoms with van der Waals surface area (Å²) in [6.45, 7) is 0.518. The number of carbonyl (C=O) groups is 2. The second kappa shape index (κ2) is 6.55. The summed E-state index contributed by atoms with van der Waals surface area (Å²) in [5.74, 6) is -0.347. The van der Waals surface area contributed by atoms with Crippen LogP contribution < -0.4 is 0 Å². The van der Waals surface area contributed by atoms with Crippen LogP contribution in [0, 0.1) is 10.1 Å². The molecule has 0 aromatic heterocycles. The first kappa shape index (κ1) is 15.9. The molecule has 1 unspecified atom stereocenters. The number of hydrogen-bond acceptors (Lipinski definition) is 4. The number of nitro benzene ring substituents is 1. The fraction of sp³-hybridized carbons (Fsp3) is 0.467. The molecule has 118 valence electrons. The van der Waals surface area contributed by atoms with E-state index in [0.29, 0.717) is 18.5 Å². The van der Waals surface area contributed by atoms with Crippen LogP contribution in [0.4, 0.5) is 5.69 Å². The summed E-state index contributed by atoms with van der Waals surface area (Å²) in [5.41, 5.74) is 0.311. The van der Waals surface area contributed by atoms with E-state index in [0.717, 1.165) is 6.42 Å². The molecule has 0 aliphatic carbocycles. The molecular formula is C15H19N3O4. The van der Waals surface area contributed by atoms with Crippen LogP contribution >= 0.6 is 0 Å². The van der Waals surface area contributed by atoms with Gasteiger partial charge in [0.1, 0.15) is 6.04 Å². The number of hydrogen-bond donors (Lipinski definition) is 0. The Hall–Kier alpha value is -2.44. The van der Waals surface area contributed by atoms with Crippen molar-refractivity contribution < 1.29 is 14.5 Å². The average molecular weight is 305 g/mol. The molecule has 1 aliphatic rings. The molecular weight excluding hydrogens is 286 g/mol. The highest BCUT2D eigenvalue weighted by atomic mass is 16.6. The van der Waals surface area contributed by atoms with Gasteiger partial charge in [-0.1, -0.05) is 18.2 Å². The summed E-state index contributed by atoms with van der Waals surface area (Å²) in [4.78, 5) is 38.1. The van der Waals surface area contributed by atoms with Crippen molar-refractivity contribution in [3.63, 3.8) is 0 Å². The molecule has 1 aliphatic heterocycles.